The first-order valence-electron chi connectivity index (χ1n) is 13.5. The van der Waals surface area contributed by atoms with Crippen LogP contribution in [0.25, 0.3) is 0 Å². The smallest absolute Gasteiger partial charge is 0.425 e. The second kappa shape index (κ2) is 10.8. The van der Waals surface area contributed by atoms with Crippen LogP contribution in [0.5, 0.6) is 11.5 Å². The molecule has 1 unspecified atom stereocenters. The predicted molar refractivity (Wildman–Crippen MR) is 138 cm³/mol. The van der Waals surface area contributed by atoms with Crippen LogP contribution in [0, 0.1) is 11.3 Å². The maximum Gasteiger partial charge on any atom is 0.425 e. The van der Waals surface area contributed by atoms with Crippen LogP contribution in [0.4, 0.5) is 13.2 Å². The van der Waals surface area contributed by atoms with E-state index in [1.807, 2.05) is 0 Å². The van der Waals surface area contributed by atoms with Crippen LogP contribution in [0.1, 0.15) is 77.2 Å². The lowest BCUT2D eigenvalue weighted by atomic mass is 9.72. The fourth-order valence-corrected chi connectivity index (χ4v) is 6.22. The maximum atomic E-state index is 15.0. The van der Waals surface area contributed by atoms with Crippen LogP contribution in [0.15, 0.2) is 29.5 Å². The summed E-state index contributed by atoms with van der Waals surface area (Å²) in [7, 11) is 2.89. The number of carbonyl (C=O) groups is 3. The van der Waals surface area contributed by atoms with Crippen molar-refractivity contribution in [3.63, 3.8) is 0 Å². The van der Waals surface area contributed by atoms with Crippen LogP contribution in [-0.2, 0) is 20.9 Å². The Balaban J connectivity index is 1.73. The summed E-state index contributed by atoms with van der Waals surface area (Å²) in [5.74, 6) is -1.92. The fourth-order valence-electron chi connectivity index (χ4n) is 6.22. The first-order chi connectivity index (χ1) is 18.3. The van der Waals surface area contributed by atoms with Crippen molar-refractivity contribution in [2.75, 3.05) is 14.2 Å². The Morgan fingerprint density at radius 2 is 1.64 bits per heavy atom. The zero-order chi connectivity index (χ0) is 28.6. The van der Waals surface area contributed by atoms with E-state index in [1.54, 1.807) is 32.0 Å². The van der Waals surface area contributed by atoms with E-state index < -0.39 is 40.3 Å². The van der Waals surface area contributed by atoms with E-state index >= 15 is 13.2 Å². The SMILES string of the molecule is COc1cc(CN2C(=O)C(NC(=O)CCC3CCCCC3)(C(F)(F)F)C3=C2CC(C)(C)CC3=O)cc(OC)c1. The van der Waals surface area contributed by atoms with Crippen molar-refractivity contribution in [2.45, 2.75) is 89.9 Å². The standard InChI is InChI=1S/C29H37F3N2O5/c1-27(2)15-22-25(23(35)16-27)28(29(30,31)32,33-24(36)11-10-18-8-6-5-7-9-18)26(37)34(22)17-19-12-20(38-3)14-21(13-19)39-4/h12-14,18H,5-11,15-17H2,1-4H3,(H,33,36). The number of nitrogens with zero attached hydrogens (tertiary/aromatic N) is 1. The molecule has 0 radical (unpaired) electrons. The number of nitrogens with one attached hydrogen (secondary N) is 1. The molecule has 1 heterocycles. The largest absolute Gasteiger partial charge is 0.497 e. The van der Waals surface area contributed by atoms with Crippen LogP contribution < -0.4 is 14.8 Å². The minimum absolute atomic E-state index is 0.00735. The highest BCUT2D eigenvalue weighted by Gasteiger charge is 2.71. The van der Waals surface area contributed by atoms with E-state index in [9.17, 15) is 14.4 Å². The lowest BCUT2D eigenvalue weighted by Gasteiger charge is -2.35. The van der Waals surface area contributed by atoms with E-state index in [4.69, 9.17) is 9.47 Å². The minimum atomic E-state index is -5.22. The Morgan fingerprint density at radius 3 is 2.21 bits per heavy atom. The van der Waals surface area contributed by atoms with Crippen LogP contribution in [0.3, 0.4) is 0 Å². The number of allylic oxidation sites excluding steroid dienone is 1. The van der Waals surface area contributed by atoms with Gasteiger partial charge in [-0.1, -0.05) is 46.0 Å². The first kappa shape index (κ1) is 29.0. The summed E-state index contributed by atoms with van der Waals surface area (Å²) < 4.78 is 55.6. The average molecular weight is 551 g/mol. The summed E-state index contributed by atoms with van der Waals surface area (Å²) in [6.45, 7) is 3.31. The van der Waals surface area contributed by atoms with Crippen molar-refractivity contribution < 1.29 is 37.0 Å². The third-order valence-electron chi connectivity index (χ3n) is 8.13. The molecule has 0 saturated heterocycles. The number of Topliss-reactive ketones (excluding diaryl/α,β-unsaturated/α-hetero) is 1. The molecule has 0 bridgehead atoms. The fraction of sp³-hybridized carbons (Fsp3) is 0.621. The highest BCUT2D eigenvalue weighted by Crippen LogP contribution is 2.52. The zero-order valence-electron chi connectivity index (χ0n) is 23.0. The molecule has 1 atom stereocenters. The van der Waals surface area contributed by atoms with Crippen molar-refractivity contribution >= 4 is 17.6 Å². The van der Waals surface area contributed by atoms with Crippen molar-refractivity contribution in [3.05, 3.63) is 35.0 Å². The third-order valence-corrected chi connectivity index (χ3v) is 8.13. The molecule has 2 amide bonds. The Hall–Kier alpha value is -3.04. The number of halogens is 3. The molecule has 39 heavy (non-hydrogen) atoms. The van der Waals surface area contributed by atoms with Gasteiger partial charge in [0, 0.05) is 24.6 Å². The molecule has 7 nitrogen and oxygen atoms in total. The Bertz CT molecular complexity index is 1150. The first-order valence-corrected chi connectivity index (χ1v) is 13.5. The zero-order valence-corrected chi connectivity index (χ0v) is 23.0. The van der Waals surface area contributed by atoms with Gasteiger partial charge in [0.2, 0.25) is 11.4 Å². The molecule has 1 aliphatic heterocycles. The van der Waals surface area contributed by atoms with Gasteiger partial charge in [0.15, 0.2) is 5.78 Å². The number of carbonyl (C=O) groups excluding carboxylic acids is 3. The highest BCUT2D eigenvalue weighted by atomic mass is 19.4. The number of benzene rings is 1. The lowest BCUT2D eigenvalue weighted by molar-refractivity contribution is -0.194. The molecule has 0 aromatic heterocycles. The summed E-state index contributed by atoms with van der Waals surface area (Å²) >= 11 is 0. The Kier molecular flexibility index (Phi) is 8.06. The summed E-state index contributed by atoms with van der Waals surface area (Å²) in [6.07, 6.45) is 0.117. The van der Waals surface area contributed by atoms with Crippen molar-refractivity contribution in [1.29, 1.82) is 0 Å². The van der Waals surface area contributed by atoms with E-state index in [-0.39, 0.29) is 37.4 Å². The van der Waals surface area contributed by atoms with Crippen LogP contribution in [0.2, 0.25) is 0 Å². The second-order valence-corrected chi connectivity index (χ2v) is 11.7. The number of ketones is 1. The van der Waals surface area contributed by atoms with Gasteiger partial charge in [-0.3, -0.25) is 14.4 Å². The molecular formula is C29H37F3N2O5. The monoisotopic (exact) mass is 550 g/mol. The second-order valence-electron chi connectivity index (χ2n) is 11.7. The van der Waals surface area contributed by atoms with E-state index in [0.29, 0.717) is 23.5 Å². The molecule has 1 aromatic rings. The summed E-state index contributed by atoms with van der Waals surface area (Å²) in [6, 6.07) is 4.81. The Labute approximate surface area is 227 Å². The molecular weight excluding hydrogens is 513 g/mol. The molecule has 1 N–H and O–H groups in total. The van der Waals surface area contributed by atoms with Gasteiger partial charge in [0.1, 0.15) is 11.5 Å². The van der Waals surface area contributed by atoms with Gasteiger partial charge in [-0.25, -0.2) is 0 Å². The molecule has 1 saturated carbocycles. The van der Waals surface area contributed by atoms with Gasteiger partial charge < -0.3 is 19.7 Å². The van der Waals surface area contributed by atoms with Gasteiger partial charge in [0.05, 0.1) is 26.3 Å². The molecule has 1 aromatic carbocycles. The van der Waals surface area contributed by atoms with Gasteiger partial charge in [-0.05, 0) is 41.9 Å². The van der Waals surface area contributed by atoms with Crippen molar-refractivity contribution in [3.8, 4) is 11.5 Å². The van der Waals surface area contributed by atoms with Gasteiger partial charge >= 0.3 is 6.18 Å². The molecule has 0 spiro atoms. The maximum absolute atomic E-state index is 15.0. The van der Waals surface area contributed by atoms with Crippen molar-refractivity contribution in [1.82, 2.24) is 10.2 Å². The van der Waals surface area contributed by atoms with Crippen molar-refractivity contribution in [2.24, 2.45) is 11.3 Å². The topological polar surface area (TPSA) is 84.9 Å². The Morgan fingerprint density at radius 1 is 1.03 bits per heavy atom. The molecule has 1 fully saturated rings. The number of hydrogen-bond donors (Lipinski definition) is 1. The van der Waals surface area contributed by atoms with Gasteiger partial charge in [-0.2, -0.15) is 13.2 Å². The number of hydrogen-bond acceptors (Lipinski definition) is 5. The number of methoxy groups -OCH3 is 2. The third kappa shape index (κ3) is 5.65. The quantitative estimate of drug-likeness (QED) is 0.464. The number of amides is 2. The van der Waals surface area contributed by atoms with E-state index in [1.165, 1.54) is 14.2 Å². The number of ether oxygens (including phenoxy) is 2. The molecule has 4 rings (SSSR count). The highest BCUT2D eigenvalue weighted by molar-refractivity contribution is 6.13. The molecule has 10 heteroatoms. The van der Waals surface area contributed by atoms with E-state index in [0.717, 1.165) is 37.0 Å². The summed E-state index contributed by atoms with van der Waals surface area (Å²) in [5.41, 5.74) is -4.26. The molecule has 214 valence electrons. The number of alkyl halides is 3. The minimum Gasteiger partial charge on any atom is -0.497 e. The van der Waals surface area contributed by atoms with Crippen LogP contribution >= 0.6 is 0 Å². The average Bonchev–Trinajstić information content (AvgIpc) is 3.10. The lowest BCUT2D eigenvalue weighted by Crippen LogP contribution is -2.66. The molecule has 2 aliphatic carbocycles. The normalized spacial score (nSPS) is 23.6. The summed E-state index contributed by atoms with van der Waals surface area (Å²) in [5, 5.41) is 2.06. The summed E-state index contributed by atoms with van der Waals surface area (Å²) in [4.78, 5) is 41.3. The molecule has 3 aliphatic rings. The number of rotatable bonds is 8. The van der Waals surface area contributed by atoms with Gasteiger partial charge in [0.25, 0.3) is 5.91 Å². The van der Waals surface area contributed by atoms with Gasteiger partial charge in [-0.15, -0.1) is 0 Å². The van der Waals surface area contributed by atoms with Crippen LogP contribution in [-0.4, -0.2) is 48.4 Å². The predicted octanol–water partition coefficient (Wildman–Crippen LogP) is 5.47. The van der Waals surface area contributed by atoms with E-state index in [2.05, 4.69) is 5.32 Å².